The first kappa shape index (κ1) is 16.2. The second-order valence-electron chi connectivity index (χ2n) is 5.05. The summed E-state index contributed by atoms with van der Waals surface area (Å²) < 4.78 is 0. The van der Waals surface area contributed by atoms with Gasteiger partial charge in [0.25, 0.3) is 0 Å². The summed E-state index contributed by atoms with van der Waals surface area (Å²) >= 11 is 13.2. The van der Waals surface area contributed by atoms with E-state index in [-0.39, 0.29) is 18.2 Å². The van der Waals surface area contributed by atoms with E-state index in [1.807, 2.05) is 12.1 Å². The van der Waals surface area contributed by atoms with Gasteiger partial charge in [0, 0.05) is 17.0 Å². The van der Waals surface area contributed by atoms with Gasteiger partial charge in [-0.25, -0.2) is 4.90 Å². The molecule has 0 spiro atoms. The zero-order valence-electron chi connectivity index (χ0n) is 11.8. The van der Waals surface area contributed by atoms with Gasteiger partial charge in [-0.2, -0.15) is 0 Å². The van der Waals surface area contributed by atoms with Gasteiger partial charge in [0.15, 0.2) is 0 Å². The molecule has 0 aliphatic carbocycles. The van der Waals surface area contributed by atoms with Gasteiger partial charge in [0.2, 0.25) is 11.8 Å². The predicted octanol–water partition coefficient (Wildman–Crippen LogP) is 4.00. The maximum Gasteiger partial charge on any atom is 0.247 e. The van der Waals surface area contributed by atoms with E-state index in [4.69, 9.17) is 28.9 Å². The van der Waals surface area contributed by atoms with Crippen LogP contribution in [0.15, 0.2) is 47.4 Å². The predicted molar refractivity (Wildman–Crippen MR) is 94.1 cm³/mol. The summed E-state index contributed by atoms with van der Waals surface area (Å²) in [5.41, 5.74) is 6.80. The van der Waals surface area contributed by atoms with Crippen LogP contribution in [0.4, 0.5) is 11.4 Å². The van der Waals surface area contributed by atoms with Gasteiger partial charge in [-0.3, -0.25) is 9.59 Å². The van der Waals surface area contributed by atoms with Crippen LogP contribution in [0.25, 0.3) is 0 Å². The molecule has 7 heteroatoms. The first-order valence-electron chi connectivity index (χ1n) is 6.80. The highest BCUT2D eigenvalue weighted by Crippen LogP contribution is 2.36. The van der Waals surface area contributed by atoms with Crippen LogP contribution in [0.5, 0.6) is 0 Å². The highest BCUT2D eigenvalue weighted by molar-refractivity contribution is 8.00. The summed E-state index contributed by atoms with van der Waals surface area (Å²) in [5, 5.41) is 0.204. The Morgan fingerprint density at radius 2 is 1.87 bits per heavy atom. The van der Waals surface area contributed by atoms with Crippen LogP contribution in [0.1, 0.15) is 6.42 Å². The Morgan fingerprint density at radius 3 is 2.57 bits per heavy atom. The fourth-order valence-electron chi connectivity index (χ4n) is 2.34. The van der Waals surface area contributed by atoms with Crippen molar-refractivity contribution in [3.8, 4) is 0 Å². The van der Waals surface area contributed by atoms with Crippen molar-refractivity contribution in [2.75, 3.05) is 10.6 Å². The molecule has 23 heavy (non-hydrogen) atoms. The van der Waals surface area contributed by atoms with Gasteiger partial charge in [-0.1, -0.05) is 29.3 Å². The van der Waals surface area contributed by atoms with Crippen molar-refractivity contribution in [1.82, 2.24) is 0 Å². The lowest BCUT2D eigenvalue weighted by molar-refractivity contribution is -0.121. The van der Waals surface area contributed by atoms with Crippen LogP contribution in [0.2, 0.25) is 10.0 Å². The molecule has 0 bridgehead atoms. The number of hydrogen-bond donors (Lipinski definition) is 1. The number of nitrogen functional groups attached to an aromatic ring is 1. The lowest BCUT2D eigenvalue weighted by Gasteiger charge is -2.15. The van der Waals surface area contributed by atoms with Crippen LogP contribution in [0.3, 0.4) is 0 Å². The number of halogens is 2. The second kappa shape index (κ2) is 6.43. The fourth-order valence-corrected chi connectivity index (χ4v) is 3.76. The molecule has 2 aromatic rings. The first-order chi connectivity index (χ1) is 11.0. The summed E-state index contributed by atoms with van der Waals surface area (Å²) in [4.78, 5) is 26.8. The maximum atomic E-state index is 12.6. The molecule has 2 aromatic carbocycles. The number of amides is 2. The number of thioether (sulfide) groups is 1. The van der Waals surface area contributed by atoms with E-state index in [1.54, 1.807) is 24.3 Å². The normalized spacial score (nSPS) is 17.8. The summed E-state index contributed by atoms with van der Waals surface area (Å²) in [6, 6.07) is 11.9. The molecule has 0 aromatic heterocycles. The zero-order chi connectivity index (χ0) is 16.6. The lowest BCUT2D eigenvalue weighted by Crippen LogP contribution is -2.31. The van der Waals surface area contributed by atoms with E-state index in [2.05, 4.69) is 0 Å². The minimum Gasteiger partial charge on any atom is -0.399 e. The van der Waals surface area contributed by atoms with Crippen molar-refractivity contribution >= 4 is 58.2 Å². The molecule has 4 nitrogen and oxygen atoms in total. The number of nitrogens with zero attached hydrogens (tertiary/aromatic N) is 1. The van der Waals surface area contributed by atoms with Crippen LogP contribution >= 0.6 is 35.0 Å². The topological polar surface area (TPSA) is 63.4 Å². The lowest BCUT2D eigenvalue weighted by atomic mass is 10.3. The van der Waals surface area contributed by atoms with Crippen molar-refractivity contribution in [1.29, 1.82) is 0 Å². The van der Waals surface area contributed by atoms with Gasteiger partial charge in [0.05, 0.1) is 21.0 Å². The number of nitrogens with two attached hydrogens (primary N) is 1. The number of carbonyl (C=O) groups is 2. The number of benzene rings is 2. The van der Waals surface area contributed by atoms with E-state index in [0.717, 1.165) is 9.80 Å². The molecule has 1 atom stereocenters. The Balaban J connectivity index is 1.83. The van der Waals surface area contributed by atoms with Crippen LogP contribution < -0.4 is 10.6 Å². The number of rotatable bonds is 3. The Kier molecular flexibility index (Phi) is 4.53. The molecular formula is C16H12Cl2N2O2S. The fraction of sp³-hybridized carbons (Fsp3) is 0.125. The SMILES string of the molecule is Nc1cccc(S[C@H]2CC(=O)N(c3ccc(Cl)c(Cl)c3)C2=O)c1. The Hall–Kier alpha value is -1.69. The van der Waals surface area contributed by atoms with Crippen LogP contribution in [0, 0.1) is 0 Å². The molecule has 1 aliphatic rings. The average Bonchev–Trinajstić information content (AvgIpc) is 2.77. The Bertz CT molecular complexity index is 797. The number of imide groups is 1. The molecule has 1 saturated heterocycles. The molecular weight excluding hydrogens is 355 g/mol. The third-order valence-corrected chi connectivity index (χ3v) is 5.32. The summed E-state index contributed by atoms with van der Waals surface area (Å²) in [6.07, 6.45) is 0.137. The van der Waals surface area contributed by atoms with E-state index < -0.39 is 5.25 Å². The molecule has 1 fully saturated rings. The van der Waals surface area contributed by atoms with Crippen molar-refractivity contribution in [2.24, 2.45) is 0 Å². The molecule has 2 N–H and O–H groups in total. The first-order valence-corrected chi connectivity index (χ1v) is 8.43. The van der Waals surface area contributed by atoms with Crippen LogP contribution in [-0.4, -0.2) is 17.1 Å². The number of hydrogen-bond acceptors (Lipinski definition) is 4. The summed E-state index contributed by atoms with van der Waals surface area (Å²) in [7, 11) is 0. The highest BCUT2D eigenvalue weighted by Gasteiger charge is 2.40. The Labute approximate surface area is 147 Å². The minimum atomic E-state index is -0.473. The van der Waals surface area contributed by atoms with Gasteiger partial charge < -0.3 is 5.73 Å². The second-order valence-corrected chi connectivity index (χ2v) is 7.14. The third kappa shape index (κ3) is 3.32. The van der Waals surface area contributed by atoms with Crippen molar-refractivity contribution in [3.63, 3.8) is 0 Å². The molecule has 0 unspecified atom stereocenters. The largest absolute Gasteiger partial charge is 0.399 e. The molecule has 0 radical (unpaired) electrons. The van der Waals surface area contributed by atoms with Crippen molar-refractivity contribution in [3.05, 3.63) is 52.5 Å². The monoisotopic (exact) mass is 366 g/mol. The van der Waals surface area contributed by atoms with Gasteiger partial charge in [0.1, 0.15) is 0 Å². The Morgan fingerprint density at radius 1 is 1.09 bits per heavy atom. The van der Waals surface area contributed by atoms with Crippen molar-refractivity contribution < 1.29 is 9.59 Å². The summed E-state index contributed by atoms with van der Waals surface area (Å²) in [5.74, 6) is -0.518. The third-order valence-electron chi connectivity index (χ3n) is 3.40. The number of anilines is 2. The zero-order valence-corrected chi connectivity index (χ0v) is 14.2. The smallest absolute Gasteiger partial charge is 0.247 e. The molecule has 1 heterocycles. The molecule has 118 valence electrons. The summed E-state index contributed by atoms with van der Waals surface area (Å²) in [6.45, 7) is 0. The van der Waals surface area contributed by atoms with Gasteiger partial charge in [-0.15, -0.1) is 11.8 Å². The molecule has 1 aliphatic heterocycles. The van der Waals surface area contributed by atoms with Gasteiger partial charge in [-0.05, 0) is 36.4 Å². The standard InChI is InChI=1S/C16H12Cl2N2O2S/c17-12-5-4-10(7-13(12)18)20-15(21)8-14(16(20)22)23-11-3-1-2-9(19)6-11/h1-7,14H,8,19H2/t14-/m0/s1. The van der Waals surface area contributed by atoms with Crippen LogP contribution in [-0.2, 0) is 9.59 Å². The quantitative estimate of drug-likeness (QED) is 0.658. The van der Waals surface area contributed by atoms with Gasteiger partial charge >= 0.3 is 0 Å². The molecule has 0 saturated carbocycles. The van der Waals surface area contributed by atoms with E-state index >= 15 is 0 Å². The van der Waals surface area contributed by atoms with E-state index in [1.165, 1.54) is 17.8 Å². The van der Waals surface area contributed by atoms with Crippen molar-refractivity contribution in [2.45, 2.75) is 16.6 Å². The average molecular weight is 367 g/mol. The number of carbonyl (C=O) groups excluding carboxylic acids is 2. The molecule has 3 rings (SSSR count). The minimum absolute atomic E-state index is 0.137. The van der Waals surface area contributed by atoms with E-state index in [9.17, 15) is 9.59 Å². The molecule has 2 amide bonds. The van der Waals surface area contributed by atoms with E-state index in [0.29, 0.717) is 21.4 Å². The maximum absolute atomic E-state index is 12.6. The highest BCUT2D eigenvalue weighted by atomic mass is 35.5.